The second-order valence-corrected chi connectivity index (χ2v) is 8.36. The van der Waals surface area contributed by atoms with Gasteiger partial charge in [-0.1, -0.05) is 35.5 Å². The summed E-state index contributed by atoms with van der Waals surface area (Å²) in [5, 5.41) is 4.00. The summed E-state index contributed by atoms with van der Waals surface area (Å²) in [4.78, 5) is 17.8. The number of aromatic nitrogens is 1. The maximum atomic E-state index is 13.1. The van der Waals surface area contributed by atoms with Crippen LogP contribution in [0.4, 0.5) is 0 Å². The summed E-state index contributed by atoms with van der Waals surface area (Å²) < 4.78 is 5.24. The van der Waals surface area contributed by atoms with E-state index >= 15 is 0 Å². The van der Waals surface area contributed by atoms with E-state index in [9.17, 15) is 4.79 Å². The molecule has 1 aromatic heterocycles. The second kappa shape index (κ2) is 8.48. The molecular weight excluding hydrogens is 350 g/mol. The Balaban J connectivity index is 1.35. The number of amides is 1. The number of aryl methyl sites for hydroxylation is 2. The van der Waals surface area contributed by atoms with Crippen LogP contribution in [0.5, 0.6) is 0 Å². The van der Waals surface area contributed by atoms with Gasteiger partial charge in [-0.15, -0.1) is 0 Å². The summed E-state index contributed by atoms with van der Waals surface area (Å²) in [5.41, 5.74) is 3.21. The maximum Gasteiger partial charge on any atom is 0.227 e. The van der Waals surface area contributed by atoms with E-state index in [1.54, 1.807) is 0 Å². The number of piperidine rings is 2. The Bertz CT molecular complexity index is 782. The molecule has 4 rings (SSSR count). The zero-order valence-corrected chi connectivity index (χ0v) is 17.1. The van der Waals surface area contributed by atoms with Gasteiger partial charge in [0.2, 0.25) is 5.91 Å². The van der Waals surface area contributed by atoms with Crippen molar-refractivity contribution in [3.63, 3.8) is 0 Å². The van der Waals surface area contributed by atoms with Crippen LogP contribution in [0.1, 0.15) is 41.8 Å². The lowest BCUT2D eigenvalue weighted by Crippen LogP contribution is -2.56. The zero-order chi connectivity index (χ0) is 19.5. The average molecular weight is 382 g/mol. The molecule has 5 nitrogen and oxygen atoms in total. The molecule has 0 N–H and O–H groups in total. The van der Waals surface area contributed by atoms with Crippen LogP contribution in [0.2, 0.25) is 0 Å². The molecule has 2 saturated heterocycles. The normalized spacial score (nSPS) is 22.9. The fraction of sp³-hybridized carbons (Fsp3) is 0.565. The number of carbonyl (C=O) groups is 1. The van der Waals surface area contributed by atoms with Gasteiger partial charge in [0.1, 0.15) is 5.76 Å². The van der Waals surface area contributed by atoms with Gasteiger partial charge in [0.05, 0.1) is 12.1 Å². The van der Waals surface area contributed by atoms with Crippen LogP contribution in [0.25, 0.3) is 0 Å². The minimum Gasteiger partial charge on any atom is -0.361 e. The Kier molecular flexibility index (Phi) is 5.81. The molecule has 0 aliphatic carbocycles. The Morgan fingerprint density at radius 3 is 2.75 bits per heavy atom. The number of fused-ring (bicyclic) bond motifs is 1. The fourth-order valence-corrected chi connectivity index (χ4v) is 4.93. The number of carbonyl (C=O) groups excluding carboxylic acids is 1. The van der Waals surface area contributed by atoms with Crippen molar-refractivity contribution in [3.8, 4) is 0 Å². The lowest BCUT2D eigenvalue weighted by atomic mass is 9.83. The molecule has 0 spiro atoms. The average Bonchev–Trinajstić information content (AvgIpc) is 3.04. The first-order chi connectivity index (χ1) is 13.6. The molecule has 0 bridgehead atoms. The van der Waals surface area contributed by atoms with Crippen molar-refractivity contribution < 1.29 is 9.32 Å². The molecule has 2 atom stereocenters. The summed E-state index contributed by atoms with van der Waals surface area (Å²) >= 11 is 0. The second-order valence-electron chi connectivity index (χ2n) is 8.36. The van der Waals surface area contributed by atoms with Crippen LogP contribution < -0.4 is 0 Å². The third kappa shape index (κ3) is 4.14. The smallest absolute Gasteiger partial charge is 0.227 e. The van der Waals surface area contributed by atoms with Crippen molar-refractivity contribution in [1.82, 2.24) is 15.0 Å². The maximum absolute atomic E-state index is 13.1. The molecule has 2 fully saturated rings. The topological polar surface area (TPSA) is 49.6 Å². The van der Waals surface area contributed by atoms with Crippen LogP contribution in [0, 0.1) is 19.8 Å². The van der Waals surface area contributed by atoms with E-state index in [-0.39, 0.29) is 5.91 Å². The highest BCUT2D eigenvalue weighted by molar-refractivity contribution is 5.79. The lowest BCUT2D eigenvalue weighted by molar-refractivity contribution is -0.137. The molecule has 2 aromatic rings. The molecule has 28 heavy (non-hydrogen) atoms. The van der Waals surface area contributed by atoms with E-state index in [0.717, 1.165) is 62.5 Å². The lowest BCUT2D eigenvalue weighted by Gasteiger charge is -2.47. The van der Waals surface area contributed by atoms with Crippen LogP contribution >= 0.6 is 0 Å². The van der Waals surface area contributed by atoms with Crippen molar-refractivity contribution in [1.29, 1.82) is 0 Å². The highest BCUT2D eigenvalue weighted by Gasteiger charge is 2.38. The van der Waals surface area contributed by atoms with E-state index < -0.39 is 0 Å². The van der Waals surface area contributed by atoms with Crippen molar-refractivity contribution in [2.45, 2.75) is 52.0 Å². The predicted octanol–water partition coefficient (Wildman–Crippen LogP) is 3.39. The Labute approximate surface area is 167 Å². The van der Waals surface area contributed by atoms with Gasteiger partial charge in [-0.25, -0.2) is 0 Å². The Morgan fingerprint density at radius 2 is 2.00 bits per heavy atom. The number of likely N-dealkylation sites (tertiary alicyclic amines) is 2. The molecule has 0 saturated carbocycles. The third-order valence-corrected chi connectivity index (χ3v) is 6.54. The minimum absolute atomic E-state index is 0.238. The quantitative estimate of drug-likeness (QED) is 0.797. The van der Waals surface area contributed by atoms with E-state index in [1.165, 1.54) is 12.0 Å². The zero-order valence-electron chi connectivity index (χ0n) is 17.1. The van der Waals surface area contributed by atoms with E-state index in [0.29, 0.717) is 18.4 Å². The standard InChI is InChI=1S/C23H31N3O2/c1-17-21(18(2)28-24-17)15-23(27)26-12-6-9-20-16-25(14-11-22(20)26)13-10-19-7-4-3-5-8-19/h3-5,7-8,20,22H,6,9-16H2,1-2H3/t20-,22+/m1/s1. The molecule has 2 aliphatic rings. The van der Waals surface area contributed by atoms with Crippen LogP contribution in [0.15, 0.2) is 34.9 Å². The molecule has 1 amide bonds. The number of benzene rings is 1. The van der Waals surface area contributed by atoms with Gasteiger partial charge in [-0.3, -0.25) is 4.79 Å². The van der Waals surface area contributed by atoms with Crippen LogP contribution in [-0.4, -0.2) is 53.1 Å². The summed E-state index contributed by atoms with van der Waals surface area (Å²) in [7, 11) is 0. The predicted molar refractivity (Wildman–Crippen MR) is 109 cm³/mol. The molecule has 5 heteroatoms. The van der Waals surface area contributed by atoms with Gasteiger partial charge in [-0.2, -0.15) is 0 Å². The first-order valence-corrected chi connectivity index (χ1v) is 10.6. The molecular formula is C23H31N3O2. The number of nitrogens with zero attached hydrogens (tertiary/aromatic N) is 3. The number of hydrogen-bond donors (Lipinski definition) is 0. The van der Waals surface area contributed by atoms with E-state index in [4.69, 9.17) is 4.52 Å². The van der Waals surface area contributed by atoms with Crippen LogP contribution in [-0.2, 0) is 17.6 Å². The highest BCUT2D eigenvalue weighted by atomic mass is 16.5. The minimum atomic E-state index is 0.238. The largest absolute Gasteiger partial charge is 0.361 e. The molecule has 150 valence electrons. The molecule has 1 aromatic carbocycles. The van der Waals surface area contributed by atoms with E-state index in [2.05, 4.69) is 45.3 Å². The van der Waals surface area contributed by atoms with Crippen molar-refractivity contribution in [2.75, 3.05) is 26.2 Å². The highest BCUT2D eigenvalue weighted by Crippen LogP contribution is 2.31. The molecule has 0 unspecified atom stereocenters. The Hall–Kier alpha value is -2.14. The SMILES string of the molecule is Cc1noc(C)c1CC(=O)N1CCC[C@@H]2CN(CCc3ccccc3)CC[C@@H]21. The van der Waals surface area contributed by atoms with Crippen LogP contribution in [0.3, 0.4) is 0 Å². The molecule has 2 aliphatic heterocycles. The number of rotatable bonds is 5. The van der Waals surface area contributed by atoms with Gasteiger partial charge >= 0.3 is 0 Å². The van der Waals surface area contributed by atoms with Gasteiger partial charge in [0.15, 0.2) is 0 Å². The summed E-state index contributed by atoms with van der Waals surface area (Å²) in [6.07, 6.45) is 4.96. The van der Waals surface area contributed by atoms with Gasteiger partial charge in [0, 0.05) is 37.8 Å². The van der Waals surface area contributed by atoms with Gasteiger partial charge in [-0.05, 0) is 51.0 Å². The van der Waals surface area contributed by atoms with Crippen molar-refractivity contribution in [3.05, 3.63) is 52.9 Å². The van der Waals surface area contributed by atoms with Crippen molar-refractivity contribution >= 4 is 5.91 Å². The summed E-state index contributed by atoms with van der Waals surface area (Å²) in [6.45, 7) is 8.03. The Morgan fingerprint density at radius 1 is 1.18 bits per heavy atom. The van der Waals surface area contributed by atoms with Gasteiger partial charge in [0.25, 0.3) is 0 Å². The summed E-state index contributed by atoms with van der Waals surface area (Å²) in [6, 6.07) is 11.1. The van der Waals surface area contributed by atoms with Gasteiger partial charge < -0.3 is 14.3 Å². The monoisotopic (exact) mass is 381 g/mol. The van der Waals surface area contributed by atoms with E-state index in [1.807, 2.05) is 13.8 Å². The first kappa shape index (κ1) is 19.2. The summed E-state index contributed by atoms with van der Waals surface area (Å²) in [5.74, 6) is 1.61. The fourth-order valence-electron chi connectivity index (χ4n) is 4.93. The van der Waals surface area contributed by atoms with Crippen molar-refractivity contribution in [2.24, 2.45) is 5.92 Å². The number of hydrogen-bond acceptors (Lipinski definition) is 4. The first-order valence-electron chi connectivity index (χ1n) is 10.6. The third-order valence-electron chi connectivity index (χ3n) is 6.54. The molecule has 3 heterocycles. The molecule has 0 radical (unpaired) electrons.